The Balaban J connectivity index is 1.56. The molecule has 1 N–H and O–H groups in total. The minimum atomic E-state index is -0.819. The zero-order valence-corrected chi connectivity index (χ0v) is 21.2. The number of carbonyl (C=O) groups excluding carboxylic acids is 3. The van der Waals surface area contributed by atoms with Crippen LogP contribution in [0.5, 0.6) is 17.2 Å². The van der Waals surface area contributed by atoms with Gasteiger partial charge in [-0.1, -0.05) is 34.1 Å². The summed E-state index contributed by atoms with van der Waals surface area (Å²) in [5.41, 5.74) is 1.64. The van der Waals surface area contributed by atoms with Gasteiger partial charge in [0.1, 0.15) is 17.9 Å². The molecule has 1 saturated heterocycles. The van der Waals surface area contributed by atoms with Crippen molar-refractivity contribution in [2.75, 3.05) is 18.6 Å². The molecule has 1 aliphatic rings. The number of anilines is 1. The van der Waals surface area contributed by atoms with Crippen LogP contribution in [0.1, 0.15) is 18.1 Å². The smallest absolute Gasteiger partial charge is 0.335 e. The van der Waals surface area contributed by atoms with Gasteiger partial charge in [0.25, 0.3) is 11.8 Å². The highest BCUT2D eigenvalue weighted by molar-refractivity contribution is 9.10. The quantitative estimate of drug-likeness (QED) is 0.309. The molecule has 0 aliphatic carbocycles. The van der Waals surface area contributed by atoms with Gasteiger partial charge in [-0.2, -0.15) is 0 Å². The van der Waals surface area contributed by atoms with E-state index in [1.807, 2.05) is 31.2 Å². The molecule has 1 fully saturated rings. The standard InChI is InChI=1S/C27H23BrN2O6/c1-3-35-21-11-9-20(10-12-21)30-26(32)22(25(31)29-27(30)33)14-18-6-13-23(24(15-18)34-2)36-16-17-4-7-19(28)8-5-17/h4-15H,3,16H2,1-2H3,(H,29,31,33)/b22-14-. The number of urea groups is 1. The monoisotopic (exact) mass is 550 g/mol. The van der Waals surface area contributed by atoms with Crippen molar-refractivity contribution in [3.8, 4) is 17.2 Å². The summed E-state index contributed by atoms with van der Waals surface area (Å²) in [5, 5.41) is 2.22. The molecule has 0 saturated carbocycles. The number of nitrogens with one attached hydrogen (secondary N) is 1. The van der Waals surface area contributed by atoms with Gasteiger partial charge in [-0.15, -0.1) is 0 Å². The molecular formula is C27H23BrN2O6. The van der Waals surface area contributed by atoms with Crippen LogP contribution in [0.4, 0.5) is 10.5 Å². The summed E-state index contributed by atoms with van der Waals surface area (Å²) in [6, 6.07) is 18.4. The molecule has 9 heteroatoms. The Morgan fingerprint density at radius 1 is 0.917 bits per heavy atom. The zero-order chi connectivity index (χ0) is 25.7. The maximum atomic E-state index is 13.2. The number of ether oxygens (including phenoxy) is 3. The predicted molar refractivity (Wildman–Crippen MR) is 138 cm³/mol. The van der Waals surface area contributed by atoms with Crippen LogP contribution in [-0.2, 0) is 16.2 Å². The topological polar surface area (TPSA) is 94.2 Å². The van der Waals surface area contributed by atoms with Gasteiger partial charge in [0, 0.05) is 4.47 Å². The van der Waals surface area contributed by atoms with Crippen molar-refractivity contribution in [2.24, 2.45) is 0 Å². The Labute approximate surface area is 216 Å². The number of barbiturate groups is 1. The number of amides is 4. The number of hydrogen-bond donors (Lipinski definition) is 1. The predicted octanol–water partition coefficient (Wildman–Crippen LogP) is 5.10. The third-order valence-electron chi connectivity index (χ3n) is 5.31. The van der Waals surface area contributed by atoms with Gasteiger partial charge in [0.15, 0.2) is 11.5 Å². The second-order valence-corrected chi connectivity index (χ2v) is 8.63. The lowest BCUT2D eigenvalue weighted by Gasteiger charge is -2.26. The highest BCUT2D eigenvalue weighted by Crippen LogP contribution is 2.31. The normalized spacial score (nSPS) is 14.6. The molecule has 0 radical (unpaired) electrons. The van der Waals surface area contributed by atoms with E-state index in [0.717, 1.165) is 14.9 Å². The number of rotatable bonds is 8. The van der Waals surface area contributed by atoms with E-state index < -0.39 is 17.8 Å². The van der Waals surface area contributed by atoms with E-state index >= 15 is 0 Å². The van der Waals surface area contributed by atoms with Crippen LogP contribution in [0, 0.1) is 0 Å². The van der Waals surface area contributed by atoms with Crippen LogP contribution >= 0.6 is 15.9 Å². The lowest BCUT2D eigenvalue weighted by molar-refractivity contribution is -0.122. The summed E-state index contributed by atoms with van der Waals surface area (Å²) in [7, 11) is 1.50. The number of carbonyl (C=O) groups is 3. The van der Waals surface area contributed by atoms with Gasteiger partial charge >= 0.3 is 6.03 Å². The molecule has 1 heterocycles. The van der Waals surface area contributed by atoms with E-state index in [1.54, 1.807) is 42.5 Å². The first-order chi connectivity index (χ1) is 17.4. The fourth-order valence-corrected chi connectivity index (χ4v) is 3.82. The lowest BCUT2D eigenvalue weighted by atomic mass is 10.1. The van der Waals surface area contributed by atoms with Crippen molar-refractivity contribution in [2.45, 2.75) is 13.5 Å². The first kappa shape index (κ1) is 25.0. The van der Waals surface area contributed by atoms with Gasteiger partial charge in [-0.25, -0.2) is 9.69 Å². The molecule has 4 rings (SSSR count). The molecule has 0 unspecified atom stereocenters. The summed E-state index contributed by atoms with van der Waals surface area (Å²) in [6.07, 6.45) is 1.41. The molecule has 3 aromatic rings. The molecule has 0 bridgehead atoms. The van der Waals surface area contributed by atoms with Gasteiger partial charge in [0.2, 0.25) is 0 Å². The second-order valence-electron chi connectivity index (χ2n) is 7.71. The average Bonchev–Trinajstić information content (AvgIpc) is 2.87. The number of hydrogen-bond acceptors (Lipinski definition) is 6. The van der Waals surface area contributed by atoms with Crippen molar-refractivity contribution in [1.29, 1.82) is 0 Å². The maximum absolute atomic E-state index is 13.2. The van der Waals surface area contributed by atoms with Crippen molar-refractivity contribution in [1.82, 2.24) is 5.32 Å². The third-order valence-corrected chi connectivity index (χ3v) is 5.84. The Morgan fingerprint density at radius 2 is 1.64 bits per heavy atom. The van der Waals surface area contributed by atoms with Crippen LogP contribution in [0.3, 0.4) is 0 Å². The minimum Gasteiger partial charge on any atom is -0.494 e. The molecule has 3 aromatic carbocycles. The maximum Gasteiger partial charge on any atom is 0.335 e. The van der Waals surface area contributed by atoms with E-state index in [-0.39, 0.29) is 5.57 Å². The number of nitrogens with zero attached hydrogens (tertiary/aromatic N) is 1. The lowest BCUT2D eigenvalue weighted by Crippen LogP contribution is -2.54. The molecule has 8 nitrogen and oxygen atoms in total. The number of imide groups is 2. The Bertz CT molecular complexity index is 1320. The Kier molecular flexibility index (Phi) is 7.70. The summed E-state index contributed by atoms with van der Waals surface area (Å²) in [4.78, 5) is 39.0. The summed E-state index contributed by atoms with van der Waals surface area (Å²) >= 11 is 3.40. The van der Waals surface area contributed by atoms with Gasteiger partial charge in [-0.05, 0) is 72.7 Å². The molecular weight excluding hydrogens is 528 g/mol. The van der Waals surface area contributed by atoms with Crippen molar-refractivity contribution < 1.29 is 28.6 Å². The first-order valence-electron chi connectivity index (χ1n) is 11.1. The second kappa shape index (κ2) is 11.1. The SMILES string of the molecule is CCOc1ccc(N2C(=O)NC(=O)/C(=C/c3ccc(OCc4ccc(Br)cc4)c(OC)c3)C2=O)cc1. The minimum absolute atomic E-state index is 0.186. The van der Waals surface area contributed by atoms with E-state index in [4.69, 9.17) is 14.2 Å². The van der Waals surface area contributed by atoms with Gasteiger partial charge < -0.3 is 14.2 Å². The van der Waals surface area contributed by atoms with Gasteiger partial charge in [0.05, 0.1) is 19.4 Å². The summed E-state index contributed by atoms with van der Waals surface area (Å²) in [6.45, 7) is 2.68. The molecule has 184 valence electrons. The van der Waals surface area contributed by atoms with Crippen LogP contribution in [0.25, 0.3) is 6.08 Å². The molecule has 4 amide bonds. The van der Waals surface area contributed by atoms with Crippen LogP contribution in [0.15, 0.2) is 76.8 Å². The fraction of sp³-hybridized carbons (Fsp3) is 0.148. The molecule has 1 aliphatic heterocycles. The van der Waals surface area contributed by atoms with Crippen LogP contribution in [-0.4, -0.2) is 31.6 Å². The number of halogens is 1. The van der Waals surface area contributed by atoms with E-state index in [0.29, 0.717) is 41.7 Å². The van der Waals surface area contributed by atoms with E-state index in [1.165, 1.54) is 13.2 Å². The Morgan fingerprint density at radius 3 is 2.31 bits per heavy atom. The molecule has 36 heavy (non-hydrogen) atoms. The Hall–Kier alpha value is -4.11. The highest BCUT2D eigenvalue weighted by atomic mass is 79.9. The number of benzene rings is 3. The molecule has 0 aromatic heterocycles. The van der Waals surface area contributed by atoms with Crippen molar-refractivity contribution in [3.05, 3.63) is 87.9 Å². The van der Waals surface area contributed by atoms with E-state index in [9.17, 15) is 14.4 Å². The van der Waals surface area contributed by atoms with Crippen LogP contribution < -0.4 is 24.4 Å². The summed E-state index contributed by atoms with van der Waals surface area (Å²) < 4.78 is 17.7. The number of methoxy groups -OCH3 is 1. The van der Waals surface area contributed by atoms with Crippen LogP contribution in [0.2, 0.25) is 0 Å². The molecule has 0 spiro atoms. The fourth-order valence-electron chi connectivity index (χ4n) is 3.55. The van der Waals surface area contributed by atoms with Crippen molar-refractivity contribution in [3.63, 3.8) is 0 Å². The summed E-state index contributed by atoms with van der Waals surface area (Å²) in [5.74, 6) is 0.0365. The molecule has 0 atom stereocenters. The van der Waals surface area contributed by atoms with Gasteiger partial charge in [-0.3, -0.25) is 14.9 Å². The largest absolute Gasteiger partial charge is 0.494 e. The van der Waals surface area contributed by atoms with E-state index in [2.05, 4.69) is 21.2 Å². The first-order valence-corrected chi connectivity index (χ1v) is 11.9. The third kappa shape index (κ3) is 5.58. The highest BCUT2D eigenvalue weighted by Gasteiger charge is 2.36. The van der Waals surface area contributed by atoms with Crippen molar-refractivity contribution >= 4 is 45.5 Å². The average molecular weight is 551 g/mol. The zero-order valence-electron chi connectivity index (χ0n) is 19.6.